The first-order valence-corrected chi connectivity index (χ1v) is 10.8. The van der Waals surface area contributed by atoms with Gasteiger partial charge in [0.15, 0.2) is 6.61 Å². The molecule has 0 bridgehead atoms. The number of hydrogen-bond acceptors (Lipinski definition) is 5. The van der Waals surface area contributed by atoms with Crippen LogP contribution in [0, 0.1) is 13.8 Å². The molecule has 0 unspecified atom stereocenters. The molecule has 0 spiro atoms. The molecule has 8 heteroatoms. The quantitative estimate of drug-likeness (QED) is 0.728. The summed E-state index contributed by atoms with van der Waals surface area (Å²) in [6, 6.07) is 12.3. The van der Waals surface area contributed by atoms with E-state index in [-0.39, 0.29) is 16.8 Å². The van der Waals surface area contributed by atoms with E-state index in [4.69, 9.17) is 4.74 Å². The van der Waals surface area contributed by atoms with Crippen LogP contribution in [-0.4, -0.2) is 39.5 Å². The molecule has 2 aromatic carbocycles. The van der Waals surface area contributed by atoms with Crippen LogP contribution in [0.3, 0.4) is 0 Å². The molecule has 0 radical (unpaired) electrons. The third-order valence-electron chi connectivity index (χ3n) is 5.03. The van der Waals surface area contributed by atoms with Gasteiger partial charge in [-0.15, -0.1) is 0 Å². The number of para-hydroxylation sites is 1. The number of amides is 1. The Labute approximate surface area is 170 Å². The minimum absolute atomic E-state index is 0.0260. The van der Waals surface area contributed by atoms with Gasteiger partial charge in [0.2, 0.25) is 10.0 Å². The fourth-order valence-corrected chi connectivity index (χ4v) is 4.38. The standard InChI is InChI=1S/C21H24N2O5S/c1-14-8-9-18(10-15(14)2)29(26,27)22-12-21(25)28-13-20(24)23-16(3)11-17-6-4-5-7-19(17)23/h4-10,16,22H,11-13H2,1-3H3/t16-/m1/s1. The number of hydrogen-bond donors (Lipinski definition) is 1. The van der Waals surface area contributed by atoms with E-state index in [9.17, 15) is 18.0 Å². The molecule has 0 fully saturated rings. The van der Waals surface area contributed by atoms with Crippen molar-refractivity contribution >= 4 is 27.6 Å². The van der Waals surface area contributed by atoms with Crippen LogP contribution in [0.25, 0.3) is 0 Å². The van der Waals surface area contributed by atoms with Crippen molar-refractivity contribution < 1.29 is 22.7 Å². The lowest BCUT2D eigenvalue weighted by atomic mass is 10.1. The molecule has 1 aliphatic rings. The Bertz CT molecular complexity index is 1050. The lowest BCUT2D eigenvalue weighted by Gasteiger charge is -2.22. The molecule has 1 heterocycles. The largest absolute Gasteiger partial charge is 0.455 e. The fraction of sp³-hybridized carbons (Fsp3) is 0.333. The summed E-state index contributed by atoms with van der Waals surface area (Å²) < 4.78 is 31.9. The lowest BCUT2D eigenvalue weighted by Crippen LogP contribution is -2.39. The number of benzene rings is 2. The highest BCUT2D eigenvalue weighted by molar-refractivity contribution is 7.89. The Kier molecular flexibility index (Phi) is 6.04. The number of aryl methyl sites for hydroxylation is 2. The number of carbonyl (C=O) groups excluding carboxylic acids is 2. The van der Waals surface area contributed by atoms with Gasteiger partial charge in [-0.1, -0.05) is 24.3 Å². The molecule has 1 amide bonds. The van der Waals surface area contributed by atoms with Gasteiger partial charge in [-0.05, 0) is 62.1 Å². The minimum atomic E-state index is -3.84. The van der Waals surface area contributed by atoms with Crippen molar-refractivity contribution in [2.24, 2.45) is 0 Å². The summed E-state index contributed by atoms with van der Waals surface area (Å²) in [7, 11) is -3.84. The molecule has 1 atom stereocenters. The van der Waals surface area contributed by atoms with E-state index in [0.717, 1.165) is 28.8 Å². The Morgan fingerprint density at radius 1 is 1.14 bits per heavy atom. The molecule has 0 aliphatic carbocycles. The van der Waals surface area contributed by atoms with Crippen molar-refractivity contribution in [3.05, 3.63) is 59.2 Å². The number of fused-ring (bicyclic) bond motifs is 1. The van der Waals surface area contributed by atoms with E-state index >= 15 is 0 Å². The van der Waals surface area contributed by atoms with Crippen LogP contribution in [0.4, 0.5) is 5.69 Å². The summed E-state index contributed by atoms with van der Waals surface area (Å²) in [6.07, 6.45) is 0.742. The second kappa shape index (κ2) is 8.34. The fourth-order valence-electron chi connectivity index (χ4n) is 3.33. The molecule has 2 aromatic rings. The molecule has 1 aliphatic heterocycles. The highest BCUT2D eigenvalue weighted by Gasteiger charge is 2.31. The summed E-state index contributed by atoms with van der Waals surface area (Å²) in [6.45, 7) is 4.63. The minimum Gasteiger partial charge on any atom is -0.455 e. The zero-order valence-corrected chi connectivity index (χ0v) is 17.5. The predicted octanol–water partition coefficient (Wildman–Crippen LogP) is 2.10. The monoisotopic (exact) mass is 416 g/mol. The summed E-state index contributed by atoms with van der Waals surface area (Å²) in [5.74, 6) is -1.15. The molecular formula is C21H24N2O5S. The first-order chi connectivity index (χ1) is 13.7. The number of nitrogens with zero attached hydrogens (tertiary/aromatic N) is 1. The van der Waals surface area contributed by atoms with Gasteiger partial charge in [0, 0.05) is 11.7 Å². The average molecular weight is 416 g/mol. The van der Waals surface area contributed by atoms with E-state index in [1.54, 1.807) is 17.0 Å². The average Bonchev–Trinajstić information content (AvgIpc) is 3.02. The molecule has 1 N–H and O–H groups in total. The third kappa shape index (κ3) is 4.65. The Hall–Kier alpha value is -2.71. The van der Waals surface area contributed by atoms with Gasteiger partial charge in [-0.3, -0.25) is 9.59 Å². The van der Waals surface area contributed by atoms with Gasteiger partial charge in [0.25, 0.3) is 5.91 Å². The van der Waals surface area contributed by atoms with Crippen LogP contribution in [0.2, 0.25) is 0 Å². The predicted molar refractivity (Wildman–Crippen MR) is 109 cm³/mol. The summed E-state index contributed by atoms with van der Waals surface area (Å²) >= 11 is 0. The topological polar surface area (TPSA) is 92.8 Å². The van der Waals surface area contributed by atoms with Gasteiger partial charge in [0.1, 0.15) is 6.54 Å². The Morgan fingerprint density at radius 3 is 2.59 bits per heavy atom. The molecule has 154 valence electrons. The number of nitrogens with one attached hydrogen (secondary N) is 1. The maximum atomic E-state index is 12.5. The van der Waals surface area contributed by atoms with Crippen LogP contribution < -0.4 is 9.62 Å². The highest BCUT2D eigenvalue weighted by atomic mass is 32.2. The number of esters is 1. The van der Waals surface area contributed by atoms with Crippen LogP contribution in [0.15, 0.2) is 47.4 Å². The zero-order chi connectivity index (χ0) is 21.2. The van der Waals surface area contributed by atoms with E-state index in [0.29, 0.717) is 0 Å². The van der Waals surface area contributed by atoms with Crippen molar-refractivity contribution in [2.75, 3.05) is 18.1 Å². The molecule has 0 aromatic heterocycles. The SMILES string of the molecule is Cc1ccc(S(=O)(=O)NCC(=O)OCC(=O)N2c3ccccc3C[C@H]2C)cc1C. The van der Waals surface area contributed by atoms with E-state index in [1.165, 1.54) is 6.07 Å². The first-order valence-electron chi connectivity index (χ1n) is 9.31. The van der Waals surface area contributed by atoms with Crippen molar-refractivity contribution in [1.29, 1.82) is 0 Å². The normalized spacial score (nSPS) is 15.8. The van der Waals surface area contributed by atoms with Gasteiger partial charge in [-0.2, -0.15) is 4.72 Å². The number of carbonyl (C=O) groups is 2. The zero-order valence-electron chi connectivity index (χ0n) is 16.6. The van der Waals surface area contributed by atoms with Crippen LogP contribution in [0.1, 0.15) is 23.6 Å². The Morgan fingerprint density at radius 2 is 1.86 bits per heavy atom. The number of ether oxygens (including phenoxy) is 1. The van der Waals surface area contributed by atoms with Gasteiger partial charge < -0.3 is 9.64 Å². The first kappa shape index (κ1) is 21.0. The lowest BCUT2D eigenvalue weighted by molar-refractivity contribution is -0.146. The van der Waals surface area contributed by atoms with Crippen LogP contribution in [0.5, 0.6) is 0 Å². The number of rotatable bonds is 6. The summed E-state index contributed by atoms with van der Waals surface area (Å²) in [5.41, 5.74) is 3.69. The van der Waals surface area contributed by atoms with Crippen LogP contribution in [-0.2, 0) is 30.8 Å². The molecule has 3 rings (SSSR count). The smallest absolute Gasteiger partial charge is 0.321 e. The molecule has 0 saturated carbocycles. The van der Waals surface area contributed by atoms with Crippen molar-refractivity contribution in [2.45, 2.75) is 38.1 Å². The second-order valence-electron chi connectivity index (χ2n) is 7.18. The molecule has 0 saturated heterocycles. The maximum Gasteiger partial charge on any atom is 0.321 e. The van der Waals surface area contributed by atoms with Crippen LogP contribution >= 0.6 is 0 Å². The maximum absolute atomic E-state index is 12.5. The third-order valence-corrected chi connectivity index (χ3v) is 6.43. The molecule has 7 nitrogen and oxygen atoms in total. The summed E-state index contributed by atoms with van der Waals surface area (Å²) in [4.78, 5) is 26.2. The van der Waals surface area contributed by atoms with Crippen molar-refractivity contribution in [3.8, 4) is 0 Å². The van der Waals surface area contributed by atoms with Gasteiger partial charge in [-0.25, -0.2) is 8.42 Å². The second-order valence-corrected chi connectivity index (χ2v) is 8.94. The number of anilines is 1. The van der Waals surface area contributed by atoms with E-state index < -0.39 is 29.1 Å². The molecular weight excluding hydrogens is 392 g/mol. The van der Waals surface area contributed by atoms with Gasteiger partial charge >= 0.3 is 5.97 Å². The Balaban J connectivity index is 1.55. The van der Waals surface area contributed by atoms with E-state index in [2.05, 4.69) is 4.72 Å². The highest BCUT2D eigenvalue weighted by Crippen LogP contribution is 2.31. The van der Waals surface area contributed by atoms with E-state index in [1.807, 2.05) is 45.0 Å². The van der Waals surface area contributed by atoms with Gasteiger partial charge in [0.05, 0.1) is 4.90 Å². The summed E-state index contributed by atoms with van der Waals surface area (Å²) in [5, 5.41) is 0. The number of sulfonamides is 1. The van der Waals surface area contributed by atoms with Crippen molar-refractivity contribution in [1.82, 2.24) is 4.72 Å². The molecule has 29 heavy (non-hydrogen) atoms. The van der Waals surface area contributed by atoms with Crippen molar-refractivity contribution in [3.63, 3.8) is 0 Å².